The van der Waals surface area contributed by atoms with Crippen LogP contribution in [0.1, 0.15) is 11.1 Å². The number of carbonyl (C=O) groups excluding carboxylic acids is 1. The van der Waals surface area contributed by atoms with Gasteiger partial charge in [-0.3, -0.25) is 9.59 Å². The molecule has 0 radical (unpaired) electrons. The van der Waals surface area contributed by atoms with Gasteiger partial charge in [-0.25, -0.2) is 4.79 Å². The Hall–Kier alpha value is -1.73. The summed E-state index contributed by atoms with van der Waals surface area (Å²) in [7, 11) is 0. The smallest absolute Gasteiger partial charge is 0.196 e. The lowest BCUT2D eigenvalue weighted by Gasteiger charge is -1.75. The largest absolute Gasteiger partial charge is 0.288 e. The van der Waals surface area contributed by atoms with Crippen molar-refractivity contribution in [2.45, 2.75) is 0 Å². The van der Waals surface area contributed by atoms with Crippen LogP contribution < -0.4 is 10.9 Å². The van der Waals surface area contributed by atoms with Crippen LogP contribution in [0.2, 0.25) is 0 Å². The Morgan fingerprint density at radius 1 is 0.818 bits per heavy atom. The first-order valence-electron chi connectivity index (χ1n) is 3.11. The maximum absolute atomic E-state index is 10.8. The number of hydrogen-bond donors (Lipinski definition) is 0. The molecule has 3 nitrogen and oxygen atoms in total. The quantitative estimate of drug-likeness (QED) is 0.396. The zero-order valence-electron chi connectivity index (χ0n) is 5.22. The first-order valence-corrected chi connectivity index (χ1v) is 3.11. The Morgan fingerprint density at radius 3 is 1.64 bits per heavy atom. The topological polar surface area (TPSA) is 51.2 Å². The highest BCUT2D eigenvalue weighted by molar-refractivity contribution is 6.19. The van der Waals surface area contributed by atoms with Crippen molar-refractivity contribution < 1.29 is 4.79 Å². The van der Waals surface area contributed by atoms with E-state index in [1.807, 2.05) is 0 Å². The Kier molecular flexibility index (Phi) is 0.483. The molecule has 2 aromatic rings. The number of hydrogen-bond acceptors (Lipinski definition) is 3. The summed E-state index contributed by atoms with van der Waals surface area (Å²) in [5.74, 6) is 1.62. The fourth-order valence-corrected chi connectivity index (χ4v) is 1.52. The first-order chi connectivity index (χ1) is 5.27. The third kappa shape index (κ3) is 0.312. The van der Waals surface area contributed by atoms with Crippen LogP contribution in [-0.2, 0) is 4.79 Å². The molecule has 0 unspecified atom stereocenters. The van der Waals surface area contributed by atoms with E-state index in [9.17, 15) is 14.4 Å². The molecule has 0 amide bonds. The maximum atomic E-state index is 10.8. The van der Waals surface area contributed by atoms with Crippen molar-refractivity contribution in [3.8, 4) is 11.1 Å². The fraction of sp³-hybridized carbons (Fsp3) is 0. The van der Waals surface area contributed by atoms with Gasteiger partial charge in [-0.05, 0) is 0 Å². The zero-order valence-corrected chi connectivity index (χ0v) is 5.22. The summed E-state index contributed by atoms with van der Waals surface area (Å²) in [5, 5.41) is 0. The Labute approximate surface area is 59.9 Å². The van der Waals surface area contributed by atoms with Crippen LogP contribution in [0.3, 0.4) is 0 Å². The van der Waals surface area contributed by atoms with Crippen molar-refractivity contribution in [2.24, 2.45) is 0 Å². The summed E-state index contributed by atoms with van der Waals surface area (Å²) < 4.78 is 0. The van der Waals surface area contributed by atoms with Crippen LogP contribution >= 0.6 is 0 Å². The fourth-order valence-electron chi connectivity index (χ4n) is 1.52. The van der Waals surface area contributed by atoms with Crippen molar-refractivity contribution in [2.75, 3.05) is 0 Å². The van der Waals surface area contributed by atoms with E-state index in [-0.39, 0.29) is 16.4 Å². The molecule has 0 aliphatic heterocycles. The average Bonchev–Trinajstić information content (AvgIpc) is 2.79. The van der Waals surface area contributed by atoms with Gasteiger partial charge in [0, 0.05) is 11.1 Å². The molecule has 1 aliphatic carbocycles. The highest BCUT2D eigenvalue weighted by atomic mass is 16.1. The number of rotatable bonds is 0. The Balaban J connectivity index is 2.53. The summed E-state index contributed by atoms with van der Waals surface area (Å²) in [6.45, 7) is 0. The highest BCUT2D eigenvalue weighted by Crippen LogP contribution is 2.46. The van der Waals surface area contributed by atoms with Gasteiger partial charge in [0.2, 0.25) is 0 Å². The second kappa shape index (κ2) is 1.06. The van der Waals surface area contributed by atoms with Crippen LogP contribution in [0.5, 0.6) is 0 Å². The predicted octanol–water partition coefficient (Wildman–Crippen LogP) is -0.598. The van der Waals surface area contributed by atoms with Crippen molar-refractivity contribution in [1.82, 2.24) is 0 Å². The molecule has 0 saturated heterocycles. The van der Waals surface area contributed by atoms with Gasteiger partial charge in [0.15, 0.2) is 10.9 Å². The molecular formula is C8O3. The van der Waals surface area contributed by atoms with Crippen LogP contribution in [-0.4, -0.2) is 5.94 Å². The van der Waals surface area contributed by atoms with E-state index in [0.29, 0.717) is 22.3 Å². The van der Waals surface area contributed by atoms with Crippen molar-refractivity contribution in [3.63, 3.8) is 0 Å². The maximum Gasteiger partial charge on any atom is 0.196 e. The highest BCUT2D eigenvalue weighted by Gasteiger charge is 2.47. The molecule has 0 fully saturated rings. The minimum absolute atomic E-state index is 0.145. The standard InChI is InChI=1S/C8O3/c9-1-2-3-5(7(3)10)6-4(2)8(6)11. The van der Waals surface area contributed by atoms with Crippen molar-refractivity contribution in [1.29, 1.82) is 0 Å². The SMILES string of the molecule is O=C=C1c2c(c2=O)-c2c1c2=O. The molecule has 3 heteroatoms. The summed E-state index contributed by atoms with van der Waals surface area (Å²) >= 11 is 0. The molecule has 3 rings (SSSR count). The van der Waals surface area contributed by atoms with E-state index in [1.165, 1.54) is 0 Å². The first kappa shape index (κ1) is 4.99. The summed E-state index contributed by atoms with van der Waals surface area (Å²) in [5.41, 5.74) is 1.73. The molecule has 0 atom stereocenters. The van der Waals surface area contributed by atoms with E-state index < -0.39 is 0 Å². The lowest BCUT2D eigenvalue weighted by molar-refractivity contribution is 0.569. The van der Waals surface area contributed by atoms with Gasteiger partial charge < -0.3 is 0 Å². The van der Waals surface area contributed by atoms with E-state index >= 15 is 0 Å². The van der Waals surface area contributed by atoms with Crippen molar-refractivity contribution >= 4 is 11.5 Å². The molecule has 2 aromatic carbocycles. The van der Waals surface area contributed by atoms with Crippen LogP contribution in [0.4, 0.5) is 0 Å². The van der Waals surface area contributed by atoms with Crippen LogP contribution in [0, 0.1) is 0 Å². The number of fused-ring (bicyclic) bond motifs is 3. The molecule has 0 bridgehead atoms. The summed E-state index contributed by atoms with van der Waals surface area (Å²) in [6, 6.07) is 0. The van der Waals surface area contributed by atoms with E-state index in [0.717, 1.165) is 0 Å². The predicted molar refractivity (Wildman–Crippen MR) is 37.4 cm³/mol. The minimum Gasteiger partial charge on any atom is -0.288 e. The summed E-state index contributed by atoms with van der Waals surface area (Å²) in [6.07, 6.45) is 0. The molecule has 1 aliphatic rings. The molecule has 0 spiro atoms. The van der Waals surface area contributed by atoms with Gasteiger partial charge in [0.1, 0.15) is 5.94 Å². The molecule has 0 heterocycles. The molecule has 11 heavy (non-hydrogen) atoms. The van der Waals surface area contributed by atoms with Crippen molar-refractivity contribution in [3.05, 3.63) is 31.6 Å². The van der Waals surface area contributed by atoms with Gasteiger partial charge in [-0.2, -0.15) is 0 Å². The minimum atomic E-state index is -0.145. The van der Waals surface area contributed by atoms with Crippen LogP contribution in [0.15, 0.2) is 9.59 Å². The third-order valence-corrected chi connectivity index (χ3v) is 2.14. The Bertz CT molecular complexity index is 516. The lowest BCUT2D eigenvalue weighted by atomic mass is 10.2. The van der Waals surface area contributed by atoms with Gasteiger partial charge in [0.25, 0.3) is 0 Å². The van der Waals surface area contributed by atoms with E-state index in [4.69, 9.17) is 0 Å². The molecule has 0 N–H and O–H groups in total. The van der Waals surface area contributed by atoms with Gasteiger partial charge >= 0.3 is 0 Å². The van der Waals surface area contributed by atoms with E-state index in [1.54, 1.807) is 5.94 Å². The van der Waals surface area contributed by atoms with Gasteiger partial charge in [-0.15, -0.1) is 0 Å². The molecular weight excluding hydrogens is 144 g/mol. The second-order valence-electron chi connectivity index (χ2n) is 2.64. The molecule has 0 saturated carbocycles. The average molecular weight is 144 g/mol. The molecule has 0 aromatic heterocycles. The van der Waals surface area contributed by atoms with Crippen LogP contribution in [0.25, 0.3) is 16.7 Å². The normalized spacial score (nSPS) is 14.0. The second-order valence-corrected chi connectivity index (χ2v) is 2.64. The third-order valence-electron chi connectivity index (χ3n) is 2.14. The Morgan fingerprint density at radius 2 is 1.27 bits per heavy atom. The van der Waals surface area contributed by atoms with Gasteiger partial charge in [-0.1, -0.05) is 0 Å². The monoisotopic (exact) mass is 144 g/mol. The summed E-state index contributed by atoms with van der Waals surface area (Å²) in [4.78, 5) is 31.8. The zero-order chi connectivity index (χ0) is 7.75. The lowest BCUT2D eigenvalue weighted by Crippen LogP contribution is -1.86. The van der Waals surface area contributed by atoms with E-state index in [2.05, 4.69) is 0 Å². The molecule has 50 valence electrons. The van der Waals surface area contributed by atoms with Gasteiger partial charge in [0.05, 0.1) is 16.7 Å².